The predicted molar refractivity (Wildman–Crippen MR) is 40.4 cm³/mol. The van der Waals surface area contributed by atoms with Gasteiger partial charge in [0.2, 0.25) is 0 Å². The summed E-state index contributed by atoms with van der Waals surface area (Å²) in [5.41, 5.74) is 0. The van der Waals surface area contributed by atoms with Gasteiger partial charge >= 0.3 is 11.9 Å². The van der Waals surface area contributed by atoms with E-state index in [0.29, 0.717) is 6.42 Å². The van der Waals surface area contributed by atoms with Gasteiger partial charge in [-0.3, -0.25) is 0 Å². The molecule has 0 rings (SSSR count). The fraction of sp³-hybridized carbons (Fsp3) is 0.250. The molecule has 0 N–H and O–H groups in total. The number of ether oxygens (including phenoxy) is 2. The van der Waals surface area contributed by atoms with E-state index in [4.69, 9.17) is 0 Å². The maximum absolute atomic E-state index is 10.6. The summed E-state index contributed by atoms with van der Waals surface area (Å²) in [5.74, 6) is 0.177. The molecule has 4 heteroatoms. The highest BCUT2D eigenvalue weighted by Crippen LogP contribution is 1.83. The third-order valence-electron chi connectivity index (χ3n) is 0.750. The first-order valence-corrected chi connectivity index (χ1v) is 3.23. The van der Waals surface area contributed by atoms with Gasteiger partial charge in [-0.15, -0.1) is 0 Å². The Kier molecular flexibility index (Phi) is 5.11. The third-order valence-corrected chi connectivity index (χ3v) is 0.750. The van der Waals surface area contributed by atoms with Crippen LogP contribution in [0.3, 0.4) is 0 Å². The molecule has 0 aromatic carbocycles. The van der Waals surface area contributed by atoms with Crippen LogP contribution in [-0.4, -0.2) is 11.9 Å². The third kappa shape index (κ3) is 4.12. The number of hydrogen-bond donors (Lipinski definition) is 0. The standard InChI is InChI=1S/C8H8O4/c1-3-5-6-12-8(10)7(9)11-4-2/h4H,2-3H2,1H3. The molecule has 0 fully saturated rings. The Labute approximate surface area is 70.2 Å². The van der Waals surface area contributed by atoms with E-state index in [2.05, 4.69) is 22.0 Å². The van der Waals surface area contributed by atoms with Gasteiger partial charge in [-0.05, 0) is 0 Å². The normalized spacial score (nSPS) is 7.42. The molecule has 0 spiro atoms. The summed E-state index contributed by atoms with van der Waals surface area (Å²) < 4.78 is 8.29. The summed E-state index contributed by atoms with van der Waals surface area (Å²) in [6, 6.07) is 0. The van der Waals surface area contributed by atoms with Crippen LogP contribution in [0.1, 0.15) is 13.3 Å². The van der Waals surface area contributed by atoms with E-state index < -0.39 is 11.9 Å². The van der Waals surface area contributed by atoms with Gasteiger partial charge in [-0.25, -0.2) is 9.59 Å². The first kappa shape index (κ1) is 10.2. The van der Waals surface area contributed by atoms with Crippen LogP contribution in [0.5, 0.6) is 0 Å². The molecule has 4 nitrogen and oxygen atoms in total. The lowest BCUT2D eigenvalue weighted by atomic mass is 10.5. The molecule has 0 aliphatic rings. The van der Waals surface area contributed by atoms with E-state index in [1.165, 1.54) is 0 Å². The van der Waals surface area contributed by atoms with E-state index in [1.807, 2.05) is 6.11 Å². The minimum absolute atomic E-state index is 0.545. The lowest BCUT2D eigenvalue weighted by molar-refractivity contribution is -0.160. The molecule has 0 aromatic rings. The van der Waals surface area contributed by atoms with Gasteiger partial charge in [-0.2, -0.15) is 0 Å². The molecule has 0 saturated carbocycles. The number of esters is 2. The van der Waals surface area contributed by atoms with Crippen LogP contribution in [0.25, 0.3) is 0 Å². The van der Waals surface area contributed by atoms with Crippen molar-refractivity contribution in [1.82, 2.24) is 0 Å². The van der Waals surface area contributed by atoms with E-state index in [9.17, 15) is 9.59 Å². The molecule has 12 heavy (non-hydrogen) atoms. The fourth-order valence-electron chi connectivity index (χ4n) is 0.320. The quantitative estimate of drug-likeness (QED) is 0.249. The van der Waals surface area contributed by atoms with Crippen molar-refractivity contribution in [3.63, 3.8) is 0 Å². The van der Waals surface area contributed by atoms with E-state index >= 15 is 0 Å². The van der Waals surface area contributed by atoms with Crippen LogP contribution >= 0.6 is 0 Å². The molecule has 0 aliphatic heterocycles. The predicted octanol–water partition coefficient (Wildman–Crippen LogP) is 0.587. The summed E-state index contributed by atoms with van der Waals surface area (Å²) in [6.45, 7) is 4.87. The zero-order valence-electron chi connectivity index (χ0n) is 6.62. The second-order valence-corrected chi connectivity index (χ2v) is 1.59. The van der Waals surface area contributed by atoms with Crippen LogP contribution in [0, 0.1) is 12.0 Å². The minimum atomic E-state index is -1.14. The first-order valence-electron chi connectivity index (χ1n) is 3.23. The number of carbonyl (C=O) groups excluding carboxylic acids is 2. The first-order chi connectivity index (χ1) is 5.72. The molecule has 0 saturated heterocycles. The summed E-state index contributed by atoms with van der Waals surface area (Å²) in [5, 5.41) is 0. The Morgan fingerprint density at radius 3 is 2.67 bits per heavy atom. The lowest BCUT2D eigenvalue weighted by Gasteiger charge is -1.92. The largest absolute Gasteiger partial charge is 0.431 e. The zero-order chi connectivity index (χ0) is 9.40. The topological polar surface area (TPSA) is 52.6 Å². The molecule has 64 valence electrons. The van der Waals surface area contributed by atoms with Gasteiger partial charge in [0.1, 0.15) is 6.11 Å². The maximum atomic E-state index is 10.6. The van der Waals surface area contributed by atoms with Crippen molar-refractivity contribution in [2.75, 3.05) is 0 Å². The zero-order valence-corrected chi connectivity index (χ0v) is 6.62. The monoisotopic (exact) mass is 168 g/mol. The van der Waals surface area contributed by atoms with Gasteiger partial charge in [0.25, 0.3) is 0 Å². The average Bonchev–Trinajstić information content (AvgIpc) is 2.05. The second kappa shape index (κ2) is 5.98. The molecule has 0 aliphatic carbocycles. The van der Waals surface area contributed by atoms with Crippen LogP contribution in [-0.2, 0) is 19.1 Å². The van der Waals surface area contributed by atoms with Crippen molar-refractivity contribution >= 4 is 11.9 Å². The molecule has 0 aromatic heterocycles. The van der Waals surface area contributed by atoms with Crippen LogP contribution in [0.2, 0.25) is 0 Å². The minimum Gasteiger partial charge on any atom is -0.427 e. The fourth-order valence-corrected chi connectivity index (χ4v) is 0.320. The van der Waals surface area contributed by atoms with Gasteiger partial charge in [0.05, 0.1) is 6.26 Å². The number of rotatable bonds is 1. The summed E-state index contributed by atoms with van der Waals surface area (Å²) in [4.78, 5) is 21.1. The van der Waals surface area contributed by atoms with Crippen molar-refractivity contribution in [2.45, 2.75) is 13.3 Å². The van der Waals surface area contributed by atoms with Crippen molar-refractivity contribution in [2.24, 2.45) is 0 Å². The SMILES string of the molecule is C=COC(=O)C(=O)OC#CCC. The van der Waals surface area contributed by atoms with Crippen molar-refractivity contribution < 1.29 is 19.1 Å². The highest BCUT2D eigenvalue weighted by molar-refractivity contribution is 6.30. The highest BCUT2D eigenvalue weighted by atomic mass is 16.6. The Hall–Kier alpha value is -1.76. The molecule has 0 bridgehead atoms. The smallest absolute Gasteiger partial charge is 0.427 e. The molecule has 0 unspecified atom stereocenters. The second-order valence-electron chi connectivity index (χ2n) is 1.59. The molecular formula is C8H8O4. The van der Waals surface area contributed by atoms with E-state index in [0.717, 1.165) is 6.26 Å². The molecule has 0 heterocycles. The van der Waals surface area contributed by atoms with Gasteiger partial charge in [-0.1, -0.05) is 19.4 Å². The molecule has 0 amide bonds. The summed E-state index contributed by atoms with van der Waals surface area (Å²) in [6.07, 6.45) is 3.43. The Morgan fingerprint density at radius 1 is 1.50 bits per heavy atom. The van der Waals surface area contributed by atoms with E-state index in [1.54, 1.807) is 6.92 Å². The number of hydrogen-bond acceptors (Lipinski definition) is 4. The van der Waals surface area contributed by atoms with Gasteiger partial charge in [0, 0.05) is 6.42 Å². The number of carbonyl (C=O) groups is 2. The highest BCUT2D eigenvalue weighted by Gasteiger charge is 2.14. The van der Waals surface area contributed by atoms with Gasteiger partial charge < -0.3 is 9.47 Å². The van der Waals surface area contributed by atoms with Crippen LogP contribution in [0.4, 0.5) is 0 Å². The Bertz CT molecular complexity index is 244. The average molecular weight is 168 g/mol. The maximum Gasteiger partial charge on any atom is 0.431 e. The lowest BCUT2D eigenvalue weighted by Crippen LogP contribution is -2.15. The summed E-state index contributed by atoms with van der Waals surface area (Å²) in [7, 11) is 0. The van der Waals surface area contributed by atoms with Crippen LogP contribution < -0.4 is 0 Å². The molecular weight excluding hydrogens is 160 g/mol. The van der Waals surface area contributed by atoms with Crippen molar-refractivity contribution in [3.8, 4) is 12.0 Å². The van der Waals surface area contributed by atoms with Crippen molar-refractivity contribution in [3.05, 3.63) is 12.8 Å². The Balaban J connectivity index is 3.87. The summed E-state index contributed by atoms with van der Waals surface area (Å²) >= 11 is 0. The van der Waals surface area contributed by atoms with E-state index in [-0.39, 0.29) is 0 Å². The molecule has 0 atom stereocenters. The molecule has 0 radical (unpaired) electrons. The van der Waals surface area contributed by atoms with Crippen LogP contribution in [0.15, 0.2) is 12.8 Å². The Morgan fingerprint density at radius 2 is 2.17 bits per heavy atom. The van der Waals surface area contributed by atoms with Crippen molar-refractivity contribution in [1.29, 1.82) is 0 Å². The van der Waals surface area contributed by atoms with Gasteiger partial charge in [0.15, 0.2) is 0 Å².